The third-order valence-electron chi connectivity index (χ3n) is 8.52. The quantitative estimate of drug-likeness (QED) is 0.115. The van der Waals surface area contributed by atoms with Crippen LogP contribution >= 0.6 is 0 Å². The number of ether oxygens (including phenoxy) is 2. The first kappa shape index (κ1) is 33.9. The highest BCUT2D eigenvalue weighted by Gasteiger charge is 2.51. The van der Waals surface area contributed by atoms with Crippen molar-refractivity contribution in [1.29, 1.82) is 0 Å². The zero-order chi connectivity index (χ0) is 34.8. The van der Waals surface area contributed by atoms with Gasteiger partial charge in [-0.15, -0.1) is 0 Å². The summed E-state index contributed by atoms with van der Waals surface area (Å²) < 4.78 is 54.2. The van der Waals surface area contributed by atoms with Crippen molar-refractivity contribution < 1.29 is 41.5 Å². The van der Waals surface area contributed by atoms with Crippen LogP contribution in [0.25, 0.3) is 10.9 Å². The third-order valence-corrected chi connectivity index (χ3v) is 10.2. The number of amides is 1. The van der Waals surface area contributed by atoms with Gasteiger partial charge in [-0.25, -0.2) is 13.4 Å². The Kier molecular flexibility index (Phi) is 9.34. The Labute approximate surface area is 283 Å². The third kappa shape index (κ3) is 7.09. The molecule has 3 aromatic carbocycles. The number of sulfone groups is 1. The molecule has 49 heavy (non-hydrogen) atoms. The zero-order valence-corrected chi connectivity index (χ0v) is 28.2. The standard InChI is InChI=1S/C34H35BN4O9S/c1-33(2)34(3,4)47-35(46-33)25-17-14-23(15-18-25)22-45-28-13-8-10-24-16-19-27(37-29(24)28)30(40)36-20-9-21-44-31-32(39(41)48-38-31)49(42,43)26-11-6-5-7-12-26/h5-8,10-19H,9,20-22H2,1-4H3,(H,36,40). The molecule has 0 spiro atoms. The molecule has 1 aliphatic rings. The Balaban J connectivity index is 1.03. The van der Waals surface area contributed by atoms with Gasteiger partial charge in [0.05, 0.1) is 27.9 Å². The number of fused-ring (bicyclic) bond motifs is 1. The summed E-state index contributed by atoms with van der Waals surface area (Å²) in [7, 11) is -4.68. The molecule has 0 bridgehead atoms. The van der Waals surface area contributed by atoms with E-state index in [1.165, 1.54) is 24.3 Å². The summed E-state index contributed by atoms with van der Waals surface area (Å²) in [6.45, 7) is 8.48. The van der Waals surface area contributed by atoms with Crippen molar-refractivity contribution >= 4 is 39.2 Å². The van der Waals surface area contributed by atoms with Crippen LogP contribution in [0.15, 0.2) is 99.5 Å². The molecule has 1 aliphatic heterocycles. The normalized spacial score (nSPS) is 15.3. The minimum Gasteiger partial charge on any atom is -0.487 e. The van der Waals surface area contributed by atoms with Crippen LogP contribution in [0.5, 0.6) is 11.6 Å². The van der Waals surface area contributed by atoms with E-state index in [1.54, 1.807) is 24.3 Å². The lowest BCUT2D eigenvalue weighted by Gasteiger charge is -2.32. The number of nitrogens with zero attached hydrogens (tertiary/aromatic N) is 3. The van der Waals surface area contributed by atoms with Gasteiger partial charge in [0, 0.05) is 11.9 Å². The predicted molar refractivity (Wildman–Crippen MR) is 178 cm³/mol. The van der Waals surface area contributed by atoms with Crippen LogP contribution in [-0.4, -0.2) is 55.9 Å². The van der Waals surface area contributed by atoms with Crippen LogP contribution in [-0.2, 0) is 25.8 Å². The molecule has 0 unspecified atom stereocenters. The van der Waals surface area contributed by atoms with Crippen LogP contribution in [0.4, 0.5) is 0 Å². The fourth-order valence-corrected chi connectivity index (χ4v) is 6.34. The molecule has 0 radical (unpaired) electrons. The summed E-state index contributed by atoms with van der Waals surface area (Å²) in [5.74, 6) is -0.351. The Morgan fingerprint density at radius 2 is 1.63 bits per heavy atom. The van der Waals surface area contributed by atoms with Crippen molar-refractivity contribution in [3.05, 3.63) is 101 Å². The van der Waals surface area contributed by atoms with Gasteiger partial charge in [0.2, 0.25) is 0 Å². The molecule has 2 aromatic heterocycles. The average Bonchev–Trinajstić information content (AvgIpc) is 3.57. The van der Waals surface area contributed by atoms with E-state index in [0.29, 0.717) is 11.3 Å². The fraction of sp³-hybridized carbons (Fsp3) is 0.294. The number of nitrogens with one attached hydrogen (secondary N) is 1. The monoisotopic (exact) mass is 686 g/mol. The van der Waals surface area contributed by atoms with E-state index in [-0.39, 0.29) is 41.7 Å². The Hall–Kier alpha value is -4.99. The molecule has 0 aliphatic carbocycles. The molecule has 254 valence electrons. The second-order valence-corrected chi connectivity index (χ2v) is 14.3. The SMILES string of the molecule is CC1(C)OB(c2ccc(COc3cccc4ccc(C(=O)NCCCOc5no[n+]([O-])c5S(=O)(=O)c5ccccc5)nc34)cc2)OC1(C)C. The molecular weight excluding hydrogens is 651 g/mol. The van der Waals surface area contributed by atoms with Crippen LogP contribution in [0, 0.1) is 5.21 Å². The summed E-state index contributed by atoms with van der Waals surface area (Å²) in [4.78, 5) is 17.2. The lowest BCUT2D eigenvalue weighted by molar-refractivity contribution is -0.832. The summed E-state index contributed by atoms with van der Waals surface area (Å²) in [6, 6.07) is 24.2. The zero-order valence-electron chi connectivity index (χ0n) is 27.4. The largest absolute Gasteiger partial charge is 0.494 e. The molecular formula is C34H35BN4O9S. The molecule has 1 fully saturated rings. The summed E-state index contributed by atoms with van der Waals surface area (Å²) >= 11 is 0. The number of rotatable bonds is 12. The van der Waals surface area contributed by atoms with E-state index < -0.39 is 45.0 Å². The lowest BCUT2D eigenvalue weighted by Crippen LogP contribution is -2.41. The smallest absolute Gasteiger partial charge is 0.487 e. The van der Waals surface area contributed by atoms with Crippen LogP contribution in [0.3, 0.4) is 0 Å². The van der Waals surface area contributed by atoms with E-state index in [0.717, 1.165) is 16.4 Å². The van der Waals surface area contributed by atoms with Crippen LogP contribution in [0.1, 0.15) is 50.2 Å². The highest BCUT2D eigenvalue weighted by atomic mass is 32.2. The highest BCUT2D eigenvalue weighted by Crippen LogP contribution is 2.36. The van der Waals surface area contributed by atoms with Gasteiger partial charge in [0.1, 0.15) is 23.6 Å². The molecule has 0 saturated carbocycles. The second kappa shape index (κ2) is 13.5. The maximum absolute atomic E-state index is 13.0. The summed E-state index contributed by atoms with van der Waals surface area (Å²) in [5, 5.41) is 18.3. The topological polar surface area (TPSA) is 166 Å². The Bertz CT molecular complexity index is 2050. The number of para-hydroxylation sites is 1. The molecule has 5 aromatic rings. The number of carbonyl (C=O) groups is 1. The van der Waals surface area contributed by atoms with E-state index >= 15 is 0 Å². The molecule has 0 atom stereocenters. The molecule has 1 amide bonds. The van der Waals surface area contributed by atoms with Gasteiger partial charge in [0.15, 0.2) is 0 Å². The fourth-order valence-electron chi connectivity index (χ4n) is 5.05. The molecule has 15 heteroatoms. The predicted octanol–water partition coefficient (Wildman–Crippen LogP) is 3.77. The molecule has 13 nitrogen and oxygen atoms in total. The molecule has 1 N–H and O–H groups in total. The van der Waals surface area contributed by atoms with Crippen molar-refractivity contribution in [1.82, 2.24) is 15.5 Å². The maximum Gasteiger partial charge on any atom is 0.494 e. The lowest BCUT2D eigenvalue weighted by atomic mass is 9.79. The van der Waals surface area contributed by atoms with Crippen molar-refractivity contribution in [2.24, 2.45) is 0 Å². The molecule has 6 rings (SSSR count). The van der Waals surface area contributed by atoms with Crippen LogP contribution in [0.2, 0.25) is 0 Å². The Morgan fingerprint density at radius 1 is 0.918 bits per heavy atom. The van der Waals surface area contributed by atoms with Gasteiger partial charge in [-0.3, -0.25) is 9.42 Å². The molecule has 3 heterocycles. The maximum atomic E-state index is 13.0. The minimum atomic E-state index is -4.23. The first-order valence-corrected chi connectivity index (χ1v) is 17.1. The average molecular weight is 687 g/mol. The number of pyridine rings is 1. The number of hydrogen-bond acceptors (Lipinski definition) is 11. The number of benzene rings is 3. The van der Waals surface area contributed by atoms with Crippen LogP contribution < -0.4 is 25.2 Å². The van der Waals surface area contributed by atoms with Crippen molar-refractivity contribution in [3.63, 3.8) is 0 Å². The van der Waals surface area contributed by atoms with E-state index in [1.807, 2.05) is 64.1 Å². The first-order chi connectivity index (χ1) is 23.4. The van der Waals surface area contributed by atoms with Gasteiger partial charge in [-0.1, -0.05) is 60.7 Å². The number of aromatic nitrogens is 3. The molecule has 1 saturated heterocycles. The summed E-state index contributed by atoms with van der Waals surface area (Å²) in [6.07, 6.45) is 0.275. The second-order valence-electron chi connectivity index (χ2n) is 12.5. The highest BCUT2D eigenvalue weighted by molar-refractivity contribution is 7.91. The number of hydrogen-bond donors (Lipinski definition) is 1. The van der Waals surface area contributed by atoms with Gasteiger partial charge in [-0.2, -0.15) is 0 Å². The van der Waals surface area contributed by atoms with Gasteiger partial charge < -0.3 is 29.3 Å². The van der Waals surface area contributed by atoms with Gasteiger partial charge in [0.25, 0.3) is 15.7 Å². The van der Waals surface area contributed by atoms with Crippen molar-refractivity contribution in [2.75, 3.05) is 13.2 Å². The van der Waals surface area contributed by atoms with Gasteiger partial charge in [-0.05, 0) is 74.3 Å². The van der Waals surface area contributed by atoms with E-state index in [9.17, 15) is 18.4 Å². The van der Waals surface area contributed by atoms with Crippen molar-refractivity contribution in [3.8, 4) is 11.6 Å². The Morgan fingerprint density at radius 3 is 2.35 bits per heavy atom. The first-order valence-electron chi connectivity index (χ1n) is 15.6. The minimum absolute atomic E-state index is 0.0507. The van der Waals surface area contributed by atoms with Crippen molar-refractivity contribution in [2.45, 2.75) is 61.8 Å². The van der Waals surface area contributed by atoms with Gasteiger partial charge >= 0.3 is 18.0 Å². The summed E-state index contributed by atoms with van der Waals surface area (Å²) in [5.41, 5.74) is 1.74. The van der Waals surface area contributed by atoms with E-state index in [4.69, 9.17) is 18.8 Å². The van der Waals surface area contributed by atoms with E-state index in [2.05, 4.69) is 20.1 Å². The number of carbonyl (C=O) groups excluding carboxylic acids is 1.